The summed E-state index contributed by atoms with van der Waals surface area (Å²) in [5.41, 5.74) is 2.77. The van der Waals surface area contributed by atoms with Gasteiger partial charge in [-0.2, -0.15) is 0 Å². The zero-order valence-electron chi connectivity index (χ0n) is 5.02. The highest BCUT2D eigenvalue weighted by atomic mass is 15.5. The van der Waals surface area contributed by atoms with Crippen molar-refractivity contribution >= 4 is 6.34 Å². The van der Waals surface area contributed by atoms with Gasteiger partial charge < -0.3 is 0 Å². The molecule has 0 atom stereocenters. The van der Waals surface area contributed by atoms with Gasteiger partial charge in [0.1, 0.15) is 19.0 Å². The molecule has 0 aliphatic heterocycles. The van der Waals surface area contributed by atoms with Gasteiger partial charge >= 0.3 is 0 Å². The van der Waals surface area contributed by atoms with Crippen molar-refractivity contribution in [3.05, 3.63) is 12.7 Å². The molecule has 0 saturated carbocycles. The molecule has 5 nitrogen and oxygen atoms in total. The van der Waals surface area contributed by atoms with Crippen LogP contribution in [0.5, 0.6) is 0 Å². The lowest BCUT2D eigenvalue weighted by Crippen LogP contribution is -2.09. The number of aliphatic imine (C=N–C) groups is 1. The molecule has 1 heterocycles. The summed E-state index contributed by atoms with van der Waals surface area (Å²) in [4.78, 5) is 3.70. The zero-order chi connectivity index (χ0) is 6.53. The summed E-state index contributed by atoms with van der Waals surface area (Å²) < 4.78 is 1.59. The summed E-state index contributed by atoms with van der Waals surface area (Å²) in [6.07, 6.45) is 4.63. The van der Waals surface area contributed by atoms with Crippen molar-refractivity contribution in [3.63, 3.8) is 0 Å². The number of nitrogens with one attached hydrogen (secondary N) is 1. The Labute approximate surface area is 52.4 Å². The van der Waals surface area contributed by atoms with Crippen LogP contribution in [0.1, 0.15) is 0 Å². The van der Waals surface area contributed by atoms with Gasteiger partial charge in [0, 0.05) is 7.05 Å². The molecule has 0 saturated heterocycles. The largest absolute Gasteiger partial charge is 0.282 e. The maximum absolute atomic E-state index is 3.70. The van der Waals surface area contributed by atoms with Gasteiger partial charge in [-0.15, -0.1) is 10.2 Å². The van der Waals surface area contributed by atoms with Gasteiger partial charge in [-0.1, -0.05) is 0 Å². The fourth-order valence-corrected chi connectivity index (χ4v) is 0.392. The van der Waals surface area contributed by atoms with Crippen LogP contribution in [0.4, 0.5) is 0 Å². The third-order valence-corrected chi connectivity index (χ3v) is 0.755. The molecule has 1 aromatic rings. The van der Waals surface area contributed by atoms with E-state index >= 15 is 0 Å². The Kier molecular flexibility index (Phi) is 1.79. The van der Waals surface area contributed by atoms with Crippen LogP contribution in [0.25, 0.3) is 0 Å². The van der Waals surface area contributed by atoms with E-state index in [0.29, 0.717) is 0 Å². The van der Waals surface area contributed by atoms with Crippen molar-refractivity contribution in [2.24, 2.45) is 4.99 Å². The van der Waals surface area contributed by atoms with E-state index in [0.717, 1.165) is 0 Å². The van der Waals surface area contributed by atoms with Crippen LogP contribution in [0.2, 0.25) is 0 Å². The third kappa shape index (κ3) is 1.52. The van der Waals surface area contributed by atoms with Crippen molar-refractivity contribution in [1.82, 2.24) is 14.9 Å². The summed E-state index contributed by atoms with van der Waals surface area (Å²) in [6, 6.07) is 0. The van der Waals surface area contributed by atoms with E-state index in [4.69, 9.17) is 0 Å². The highest BCUT2D eigenvalue weighted by Crippen LogP contribution is 1.70. The molecule has 0 spiro atoms. The molecule has 1 aromatic heterocycles. The molecule has 1 N–H and O–H groups in total. The lowest BCUT2D eigenvalue weighted by atomic mass is 11.1. The van der Waals surface area contributed by atoms with Gasteiger partial charge in [0.15, 0.2) is 0 Å². The second kappa shape index (κ2) is 2.81. The molecule has 1 rings (SSSR count). The number of hydrogen-bond donors (Lipinski definition) is 1. The van der Waals surface area contributed by atoms with E-state index in [2.05, 4.69) is 20.6 Å². The van der Waals surface area contributed by atoms with E-state index in [1.807, 2.05) is 0 Å². The van der Waals surface area contributed by atoms with Gasteiger partial charge in [-0.3, -0.25) is 10.4 Å². The van der Waals surface area contributed by atoms with Crippen LogP contribution in [-0.2, 0) is 0 Å². The van der Waals surface area contributed by atoms with Crippen molar-refractivity contribution < 1.29 is 0 Å². The average molecular weight is 125 g/mol. The molecule has 0 aliphatic rings. The molecule has 0 fully saturated rings. The molecular formula is C4H7N5. The quantitative estimate of drug-likeness (QED) is 0.427. The molecule has 0 aliphatic carbocycles. The zero-order valence-corrected chi connectivity index (χ0v) is 5.02. The first-order chi connectivity index (χ1) is 4.43. The number of rotatable bonds is 2. The van der Waals surface area contributed by atoms with Gasteiger partial charge in [0.05, 0.1) is 0 Å². The number of hydrogen-bond acceptors (Lipinski definition) is 3. The predicted octanol–water partition coefficient (Wildman–Crippen LogP) is -0.520. The Bertz CT molecular complexity index is 177. The molecule has 0 aromatic carbocycles. The number of nitrogens with zero attached hydrogens (tertiary/aromatic N) is 4. The first-order valence-corrected chi connectivity index (χ1v) is 2.45. The minimum atomic E-state index is 1.54. The summed E-state index contributed by atoms with van der Waals surface area (Å²) in [5.74, 6) is 0. The smallest absolute Gasteiger partial charge is 0.139 e. The molecule has 48 valence electrons. The van der Waals surface area contributed by atoms with Crippen molar-refractivity contribution in [1.29, 1.82) is 0 Å². The fraction of sp³-hybridized carbons (Fsp3) is 0.250. The number of aromatic nitrogens is 3. The van der Waals surface area contributed by atoms with Crippen molar-refractivity contribution in [2.75, 3.05) is 12.5 Å². The second-order valence-corrected chi connectivity index (χ2v) is 1.39. The fourth-order valence-electron chi connectivity index (χ4n) is 0.392. The Hall–Kier alpha value is -1.39. The summed E-state index contributed by atoms with van der Waals surface area (Å²) in [7, 11) is 1.68. The minimum Gasteiger partial charge on any atom is -0.282 e. The molecule has 9 heavy (non-hydrogen) atoms. The van der Waals surface area contributed by atoms with E-state index in [1.54, 1.807) is 30.7 Å². The van der Waals surface area contributed by atoms with Crippen molar-refractivity contribution in [2.45, 2.75) is 0 Å². The lowest BCUT2D eigenvalue weighted by molar-refractivity contribution is 0.976. The van der Waals surface area contributed by atoms with E-state index < -0.39 is 0 Å². The van der Waals surface area contributed by atoms with Crippen LogP contribution in [-0.4, -0.2) is 28.3 Å². The molecule has 0 amide bonds. The van der Waals surface area contributed by atoms with Crippen LogP contribution in [0, 0.1) is 0 Å². The van der Waals surface area contributed by atoms with Gasteiger partial charge in [-0.05, 0) is 0 Å². The average Bonchev–Trinajstić information content (AvgIpc) is 2.34. The first kappa shape index (κ1) is 5.74. The monoisotopic (exact) mass is 125 g/mol. The van der Waals surface area contributed by atoms with Gasteiger partial charge in [0.2, 0.25) is 0 Å². The summed E-state index contributed by atoms with van der Waals surface area (Å²) in [5, 5.41) is 7.13. The van der Waals surface area contributed by atoms with Gasteiger partial charge in [0.25, 0.3) is 0 Å². The first-order valence-electron chi connectivity index (χ1n) is 2.45. The van der Waals surface area contributed by atoms with Crippen LogP contribution >= 0.6 is 0 Å². The van der Waals surface area contributed by atoms with E-state index in [9.17, 15) is 0 Å². The second-order valence-electron chi connectivity index (χ2n) is 1.39. The molecular weight excluding hydrogens is 118 g/mol. The topological polar surface area (TPSA) is 55.1 Å². The van der Waals surface area contributed by atoms with Crippen molar-refractivity contribution in [3.8, 4) is 0 Å². The van der Waals surface area contributed by atoms with Crippen LogP contribution < -0.4 is 5.43 Å². The Morgan fingerprint density at radius 1 is 1.56 bits per heavy atom. The Balaban J connectivity index is 2.48. The summed E-state index contributed by atoms with van der Waals surface area (Å²) >= 11 is 0. The lowest BCUT2D eigenvalue weighted by Gasteiger charge is -1.93. The standard InChI is InChI=1S/C4H7N5/c1-5-2-8-9-3-6-7-4-9/h2-4H,1H3,(H,5,8). The summed E-state index contributed by atoms with van der Waals surface area (Å²) in [6.45, 7) is 0. The van der Waals surface area contributed by atoms with Crippen LogP contribution in [0.15, 0.2) is 17.6 Å². The van der Waals surface area contributed by atoms with Gasteiger partial charge in [-0.25, -0.2) is 4.68 Å². The molecule has 0 radical (unpaired) electrons. The Morgan fingerprint density at radius 2 is 2.22 bits per heavy atom. The highest BCUT2D eigenvalue weighted by molar-refractivity contribution is 5.63. The molecule has 0 unspecified atom stereocenters. The van der Waals surface area contributed by atoms with E-state index in [1.165, 1.54) is 0 Å². The minimum absolute atomic E-state index is 1.54. The normalized spacial score (nSPS) is 10.3. The molecule has 5 heteroatoms. The Morgan fingerprint density at radius 3 is 2.78 bits per heavy atom. The van der Waals surface area contributed by atoms with Crippen LogP contribution in [0.3, 0.4) is 0 Å². The highest BCUT2D eigenvalue weighted by Gasteiger charge is 1.79. The SMILES string of the molecule is CN=CNn1cnnc1. The third-order valence-electron chi connectivity index (χ3n) is 0.755. The van der Waals surface area contributed by atoms with E-state index in [-0.39, 0.29) is 0 Å². The molecule has 0 bridgehead atoms. The predicted molar refractivity (Wildman–Crippen MR) is 33.8 cm³/mol. The maximum atomic E-state index is 3.70. The maximum Gasteiger partial charge on any atom is 0.139 e.